The van der Waals surface area contributed by atoms with Crippen LogP contribution in [0.15, 0.2) is 33.3 Å². The highest BCUT2D eigenvalue weighted by molar-refractivity contribution is 9.11. The van der Waals surface area contributed by atoms with Crippen molar-refractivity contribution in [3.05, 3.63) is 39.0 Å². The number of hydrogen-bond acceptors (Lipinski definition) is 2. The summed E-state index contributed by atoms with van der Waals surface area (Å²) in [5.41, 5.74) is 2.00. The highest BCUT2D eigenvalue weighted by Crippen LogP contribution is 2.32. The van der Waals surface area contributed by atoms with E-state index in [1.807, 2.05) is 31.3 Å². The Balaban J connectivity index is 2.37. The molecular formula is C12H13Br2N3. The van der Waals surface area contributed by atoms with Gasteiger partial charge in [0.2, 0.25) is 5.95 Å². The average molecular weight is 359 g/mol. The van der Waals surface area contributed by atoms with Crippen LogP contribution in [-0.4, -0.2) is 9.55 Å². The zero-order chi connectivity index (χ0) is 12.4. The molecule has 1 aromatic heterocycles. The molecule has 0 aliphatic carbocycles. The lowest BCUT2D eigenvalue weighted by Crippen LogP contribution is -2.02. The van der Waals surface area contributed by atoms with Crippen LogP contribution in [0.1, 0.15) is 12.6 Å². The predicted molar refractivity (Wildman–Crippen MR) is 77.8 cm³/mol. The molecule has 0 bridgehead atoms. The molecule has 2 rings (SSSR count). The predicted octanol–water partition coefficient (Wildman–Crippen LogP) is 4.48. The summed E-state index contributed by atoms with van der Waals surface area (Å²) in [4.78, 5) is 4.47. The maximum atomic E-state index is 4.47. The third-order valence-corrected chi connectivity index (χ3v) is 3.76. The average Bonchev–Trinajstić information content (AvgIpc) is 2.64. The Hall–Kier alpha value is -0.810. The van der Waals surface area contributed by atoms with Gasteiger partial charge in [0.1, 0.15) is 0 Å². The van der Waals surface area contributed by atoms with Gasteiger partial charge < -0.3 is 9.88 Å². The van der Waals surface area contributed by atoms with Crippen LogP contribution in [0, 0.1) is 6.92 Å². The van der Waals surface area contributed by atoms with Crippen molar-refractivity contribution >= 4 is 43.5 Å². The lowest BCUT2D eigenvalue weighted by Gasteiger charge is -2.11. The molecule has 0 saturated heterocycles. The molecule has 2 aromatic rings. The zero-order valence-electron chi connectivity index (χ0n) is 9.67. The minimum Gasteiger partial charge on any atom is -0.324 e. The van der Waals surface area contributed by atoms with E-state index < -0.39 is 0 Å². The Labute approximate surface area is 118 Å². The first-order valence-corrected chi connectivity index (χ1v) is 6.95. The zero-order valence-corrected chi connectivity index (χ0v) is 12.8. The van der Waals surface area contributed by atoms with E-state index in [-0.39, 0.29) is 0 Å². The summed E-state index contributed by atoms with van der Waals surface area (Å²) in [6.45, 7) is 4.99. The van der Waals surface area contributed by atoms with Gasteiger partial charge in [-0.05, 0) is 57.8 Å². The number of halogens is 2. The molecule has 1 N–H and O–H groups in total. The topological polar surface area (TPSA) is 29.9 Å². The van der Waals surface area contributed by atoms with Gasteiger partial charge in [0.15, 0.2) is 0 Å². The number of hydrogen-bond donors (Lipinski definition) is 1. The third-order valence-electron chi connectivity index (χ3n) is 2.44. The van der Waals surface area contributed by atoms with Crippen LogP contribution >= 0.6 is 31.9 Å². The van der Waals surface area contributed by atoms with E-state index in [0.29, 0.717) is 0 Å². The van der Waals surface area contributed by atoms with Crippen LogP contribution in [0.5, 0.6) is 0 Å². The van der Waals surface area contributed by atoms with Crippen molar-refractivity contribution < 1.29 is 0 Å². The van der Waals surface area contributed by atoms with Crippen molar-refractivity contribution in [1.82, 2.24) is 9.55 Å². The number of nitrogens with zero attached hydrogens (tertiary/aromatic N) is 2. The quantitative estimate of drug-likeness (QED) is 0.876. The van der Waals surface area contributed by atoms with Crippen molar-refractivity contribution in [2.45, 2.75) is 20.4 Å². The maximum absolute atomic E-state index is 4.47. The summed E-state index contributed by atoms with van der Waals surface area (Å²) in [5, 5.41) is 3.34. The monoisotopic (exact) mass is 357 g/mol. The molecule has 5 heteroatoms. The fraction of sp³-hybridized carbons (Fsp3) is 0.250. The summed E-state index contributed by atoms with van der Waals surface area (Å²) in [5.74, 6) is 0.859. The second-order valence-corrected chi connectivity index (χ2v) is 5.42. The molecule has 0 saturated carbocycles. The largest absolute Gasteiger partial charge is 0.324 e. The second kappa shape index (κ2) is 5.23. The van der Waals surface area contributed by atoms with Crippen molar-refractivity contribution in [1.29, 1.82) is 0 Å². The van der Waals surface area contributed by atoms with Crippen molar-refractivity contribution in [3.63, 3.8) is 0 Å². The maximum Gasteiger partial charge on any atom is 0.207 e. The molecule has 1 aromatic carbocycles. The van der Waals surface area contributed by atoms with E-state index in [1.54, 1.807) is 0 Å². The van der Waals surface area contributed by atoms with Gasteiger partial charge in [0.25, 0.3) is 0 Å². The summed E-state index contributed by atoms with van der Waals surface area (Å²) < 4.78 is 4.10. The van der Waals surface area contributed by atoms with Crippen LogP contribution in [0.25, 0.3) is 0 Å². The van der Waals surface area contributed by atoms with Gasteiger partial charge in [-0.3, -0.25) is 0 Å². The van der Waals surface area contributed by atoms with Crippen LogP contribution in [0.3, 0.4) is 0 Å². The molecule has 0 atom stereocenters. The minimum absolute atomic E-state index is 0.859. The molecule has 17 heavy (non-hydrogen) atoms. The Morgan fingerprint density at radius 3 is 2.53 bits per heavy atom. The number of nitrogens with one attached hydrogen (secondary N) is 1. The number of aryl methyl sites for hydroxylation is 2. The van der Waals surface area contributed by atoms with Crippen LogP contribution in [-0.2, 0) is 6.54 Å². The first-order chi connectivity index (χ1) is 8.11. The summed E-state index contributed by atoms with van der Waals surface area (Å²) in [6.07, 6.45) is 2.03. The van der Waals surface area contributed by atoms with E-state index in [2.05, 4.69) is 53.7 Å². The highest BCUT2D eigenvalue weighted by atomic mass is 79.9. The number of anilines is 2. The summed E-state index contributed by atoms with van der Waals surface area (Å²) >= 11 is 7.06. The molecule has 1 heterocycles. The Bertz CT molecular complexity index is 514. The number of imidazole rings is 1. The Morgan fingerprint density at radius 2 is 1.94 bits per heavy atom. The van der Waals surface area contributed by atoms with Crippen molar-refractivity contribution in [2.24, 2.45) is 0 Å². The van der Waals surface area contributed by atoms with E-state index in [1.165, 1.54) is 0 Å². The molecule has 90 valence electrons. The molecule has 0 radical (unpaired) electrons. The van der Waals surface area contributed by atoms with Gasteiger partial charge in [-0.25, -0.2) is 4.98 Å². The summed E-state index contributed by atoms with van der Waals surface area (Å²) in [6, 6.07) is 5.98. The van der Waals surface area contributed by atoms with E-state index in [0.717, 1.165) is 32.8 Å². The van der Waals surface area contributed by atoms with Gasteiger partial charge in [-0.1, -0.05) is 6.07 Å². The molecule has 0 unspecified atom stereocenters. The molecule has 0 fully saturated rings. The van der Waals surface area contributed by atoms with Gasteiger partial charge >= 0.3 is 0 Å². The third kappa shape index (κ3) is 2.72. The Morgan fingerprint density at radius 1 is 1.29 bits per heavy atom. The molecule has 0 aliphatic heterocycles. The molecule has 0 amide bonds. The standard InChI is InChI=1S/C12H13Br2N3/c1-3-17-7-8(2)15-12(17)16-11-9(13)5-4-6-10(11)14/h4-7H,3H2,1-2H3,(H,15,16). The Kier molecular flexibility index (Phi) is 3.89. The van der Waals surface area contributed by atoms with Crippen LogP contribution in [0.4, 0.5) is 11.6 Å². The molecule has 0 spiro atoms. The second-order valence-electron chi connectivity index (χ2n) is 3.71. The normalized spacial score (nSPS) is 10.6. The number of aromatic nitrogens is 2. The smallest absolute Gasteiger partial charge is 0.207 e. The number of para-hydroxylation sites is 1. The van der Waals surface area contributed by atoms with Crippen LogP contribution < -0.4 is 5.32 Å². The van der Waals surface area contributed by atoms with E-state index in [9.17, 15) is 0 Å². The first-order valence-electron chi connectivity index (χ1n) is 5.36. The van der Waals surface area contributed by atoms with Gasteiger partial charge in [-0.15, -0.1) is 0 Å². The van der Waals surface area contributed by atoms with Crippen molar-refractivity contribution in [3.8, 4) is 0 Å². The van der Waals surface area contributed by atoms with E-state index >= 15 is 0 Å². The molecule has 3 nitrogen and oxygen atoms in total. The molecule has 0 aliphatic rings. The fourth-order valence-electron chi connectivity index (χ4n) is 1.62. The van der Waals surface area contributed by atoms with Gasteiger partial charge in [-0.2, -0.15) is 0 Å². The van der Waals surface area contributed by atoms with Crippen LogP contribution in [0.2, 0.25) is 0 Å². The van der Waals surface area contributed by atoms with Gasteiger partial charge in [0, 0.05) is 21.7 Å². The minimum atomic E-state index is 0.859. The van der Waals surface area contributed by atoms with Crippen molar-refractivity contribution in [2.75, 3.05) is 5.32 Å². The lowest BCUT2D eigenvalue weighted by atomic mass is 10.3. The van der Waals surface area contributed by atoms with E-state index in [4.69, 9.17) is 0 Å². The summed E-state index contributed by atoms with van der Waals surface area (Å²) in [7, 11) is 0. The highest BCUT2D eigenvalue weighted by Gasteiger charge is 2.09. The fourth-order valence-corrected chi connectivity index (χ4v) is 2.81. The molecular weight excluding hydrogens is 346 g/mol. The number of benzene rings is 1. The first kappa shape index (κ1) is 12.6. The SMILES string of the molecule is CCn1cc(C)nc1Nc1c(Br)cccc1Br. The van der Waals surface area contributed by atoms with Gasteiger partial charge in [0.05, 0.1) is 11.4 Å². The number of rotatable bonds is 3. The lowest BCUT2D eigenvalue weighted by molar-refractivity contribution is 0.771.